The summed E-state index contributed by atoms with van der Waals surface area (Å²) in [5.74, 6) is -2.34. The van der Waals surface area contributed by atoms with E-state index in [1.165, 1.54) is 6.07 Å². The molecule has 4 amide bonds. The predicted molar refractivity (Wildman–Crippen MR) is 92.5 cm³/mol. The topological polar surface area (TPSA) is 105 Å². The lowest BCUT2D eigenvalue weighted by Gasteiger charge is -2.19. The number of amides is 4. The lowest BCUT2D eigenvalue weighted by Crippen LogP contribution is -2.44. The van der Waals surface area contributed by atoms with E-state index in [1.807, 2.05) is 0 Å². The molecular formula is C18H18F3N3O5. The maximum Gasteiger partial charge on any atom is 0.416 e. The number of carbonyl (C=O) groups excluding carboxylic acids is 4. The number of rotatable bonds is 5. The molecule has 0 unspecified atom stereocenters. The van der Waals surface area contributed by atoms with E-state index in [2.05, 4.69) is 10.6 Å². The van der Waals surface area contributed by atoms with E-state index >= 15 is 0 Å². The second-order valence-electron chi connectivity index (χ2n) is 6.90. The highest BCUT2D eigenvalue weighted by molar-refractivity contribution is 6.09. The van der Waals surface area contributed by atoms with Crippen LogP contribution in [0.5, 0.6) is 0 Å². The first-order valence-corrected chi connectivity index (χ1v) is 8.88. The number of anilines is 1. The standard InChI is InChI=1S/C18H18F3N3O5/c19-18(20,21)11-4-3-5-12(8-11)22-13(25)10-29-14(26)9-24-15(27)17(23-16(24)28)6-1-2-7-17/h3-5,8H,1-2,6-7,9-10H2,(H,22,25)(H,23,28). The van der Waals surface area contributed by atoms with Crippen molar-refractivity contribution in [3.63, 3.8) is 0 Å². The molecule has 11 heteroatoms. The monoisotopic (exact) mass is 413 g/mol. The third-order valence-electron chi connectivity index (χ3n) is 4.83. The van der Waals surface area contributed by atoms with Crippen LogP contribution in [0.4, 0.5) is 23.7 Å². The zero-order valence-corrected chi connectivity index (χ0v) is 15.2. The summed E-state index contributed by atoms with van der Waals surface area (Å²) >= 11 is 0. The first-order chi connectivity index (χ1) is 13.6. The molecule has 29 heavy (non-hydrogen) atoms. The van der Waals surface area contributed by atoms with Gasteiger partial charge in [-0.2, -0.15) is 13.2 Å². The maximum atomic E-state index is 12.7. The fourth-order valence-corrected chi connectivity index (χ4v) is 3.43. The molecule has 2 fully saturated rings. The Morgan fingerprint density at radius 1 is 1.21 bits per heavy atom. The van der Waals surface area contributed by atoms with Gasteiger partial charge in [0.05, 0.1) is 5.56 Å². The summed E-state index contributed by atoms with van der Waals surface area (Å²) in [7, 11) is 0. The van der Waals surface area contributed by atoms with E-state index in [1.54, 1.807) is 0 Å². The minimum Gasteiger partial charge on any atom is -0.454 e. The Morgan fingerprint density at radius 3 is 2.55 bits per heavy atom. The highest BCUT2D eigenvalue weighted by Crippen LogP contribution is 2.35. The zero-order valence-electron chi connectivity index (χ0n) is 15.2. The number of hydrogen-bond acceptors (Lipinski definition) is 5. The molecule has 1 spiro atoms. The Balaban J connectivity index is 1.50. The third-order valence-corrected chi connectivity index (χ3v) is 4.83. The van der Waals surface area contributed by atoms with Gasteiger partial charge in [-0.05, 0) is 31.0 Å². The zero-order chi connectivity index (χ0) is 21.2. The van der Waals surface area contributed by atoms with Gasteiger partial charge in [-0.3, -0.25) is 19.3 Å². The highest BCUT2D eigenvalue weighted by Gasteiger charge is 2.52. The van der Waals surface area contributed by atoms with Crippen molar-refractivity contribution in [3.05, 3.63) is 29.8 Å². The average Bonchev–Trinajstić information content (AvgIpc) is 3.20. The van der Waals surface area contributed by atoms with Gasteiger partial charge in [-0.15, -0.1) is 0 Å². The number of nitrogens with zero attached hydrogens (tertiary/aromatic N) is 1. The van der Waals surface area contributed by atoms with Gasteiger partial charge in [0.1, 0.15) is 12.1 Å². The first-order valence-electron chi connectivity index (χ1n) is 8.88. The molecule has 0 bridgehead atoms. The van der Waals surface area contributed by atoms with Crippen LogP contribution in [-0.2, 0) is 25.3 Å². The van der Waals surface area contributed by atoms with Crippen LogP contribution in [0.15, 0.2) is 24.3 Å². The molecule has 1 aliphatic carbocycles. The number of imide groups is 1. The molecule has 0 atom stereocenters. The average molecular weight is 413 g/mol. The van der Waals surface area contributed by atoms with Gasteiger partial charge in [0, 0.05) is 5.69 Å². The Bertz CT molecular complexity index is 849. The van der Waals surface area contributed by atoms with Crippen molar-refractivity contribution in [1.29, 1.82) is 0 Å². The van der Waals surface area contributed by atoms with Crippen LogP contribution < -0.4 is 10.6 Å². The molecule has 1 saturated carbocycles. The normalized spacial score (nSPS) is 18.1. The van der Waals surface area contributed by atoms with Crippen LogP contribution in [0.2, 0.25) is 0 Å². The van der Waals surface area contributed by atoms with Gasteiger partial charge >= 0.3 is 18.2 Å². The van der Waals surface area contributed by atoms with Gasteiger partial charge in [0.2, 0.25) is 0 Å². The molecule has 2 aliphatic rings. The van der Waals surface area contributed by atoms with Gasteiger partial charge in [0.15, 0.2) is 6.61 Å². The summed E-state index contributed by atoms with van der Waals surface area (Å²) in [4.78, 5) is 48.9. The lowest BCUT2D eigenvalue weighted by atomic mass is 9.98. The number of ether oxygens (including phenoxy) is 1. The largest absolute Gasteiger partial charge is 0.454 e. The number of halogens is 3. The Hall–Kier alpha value is -3.11. The van der Waals surface area contributed by atoms with Crippen molar-refractivity contribution in [3.8, 4) is 0 Å². The van der Waals surface area contributed by atoms with Crippen LogP contribution in [0, 0.1) is 0 Å². The van der Waals surface area contributed by atoms with Crippen molar-refractivity contribution in [1.82, 2.24) is 10.2 Å². The van der Waals surface area contributed by atoms with Crippen LogP contribution in [-0.4, -0.2) is 47.4 Å². The first kappa shape index (κ1) is 20.6. The molecule has 1 aliphatic heterocycles. The van der Waals surface area contributed by atoms with E-state index in [4.69, 9.17) is 4.74 Å². The van der Waals surface area contributed by atoms with Gasteiger partial charge in [-0.1, -0.05) is 18.9 Å². The van der Waals surface area contributed by atoms with Crippen LogP contribution in [0.25, 0.3) is 0 Å². The Labute approximate surface area is 163 Å². The minimum absolute atomic E-state index is 0.113. The fourth-order valence-electron chi connectivity index (χ4n) is 3.43. The fraction of sp³-hybridized carbons (Fsp3) is 0.444. The summed E-state index contributed by atoms with van der Waals surface area (Å²) in [6.45, 7) is -1.42. The number of urea groups is 1. The lowest BCUT2D eigenvalue weighted by molar-refractivity contribution is -0.150. The second kappa shape index (κ2) is 7.72. The quantitative estimate of drug-likeness (QED) is 0.568. The third kappa shape index (κ3) is 4.49. The maximum absolute atomic E-state index is 12.7. The van der Waals surface area contributed by atoms with Gasteiger partial charge in [-0.25, -0.2) is 4.79 Å². The summed E-state index contributed by atoms with van der Waals surface area (Å²) in [6.07, 6.45) is -1.97. The molecule has 0 aromatic heterocycles. The SMILES string of the molecule is O=C(COC(=O)CN1C(=O)NC2(CCCC2)C1=O)Nc1cccc(C(F)(F)F)c1. The molecule has 1 aromatic carbocycles. The van der Waals surface area contributed by atoms with Crippen molar-refractivity contribution in [2.75, 3.05) is 18.5 Å². The van der Waals surface area contributed by atoms with Crippen molar-refractivity contribution < 1.29 is 37.1 Å². The number of carbonyl (C=O) groups is 4. The van der Waals surface area contributed by atoms with Crippen LogP contribution >= 0.6 is 0 Å². The minimum atomic E-state index is -4.56. The summed E-state index contributed by atoms with van der Waals surface area (Å²) in [5, 5.41) is 4.79. The van der Waals surface area contributed by atoms with E-state index in [9.17, 15) is 32.3 Å². The van der Waals surface area contributed by atoms with Crippen molar-refractivity contribution in [2.24, 2.45) is 0 Å². The molecule has 1 aromatic rings. The van der Waals surface area contributed by atoms with E-state index < -0.39 is 54.2 Å². The van der Waals surface area contributed by atoms with Gasteiger partial charge in [0.25, 0.3) is 11.8 Å². The number of nitrogens with one attached hydrogen (secondary N) is 2. The smallest absolute Gasteiger partial charge is 0.416 e. The molecule has 1 saturated heterocycles. The molecule has 156 valence electrons. The summed E-state index contributed by atoms with van der Waals surface area (Å²) in [6, 6.07) is 3.28. The van der Waals surface area contributed by atoms with Gasteiger partial charge < -0.3 is 15.4 Å². The van der Waals surface area contributed by atoms with E-state index in [0.717, 1.165) is 35.9 Å². The number of alkyl halides is 3. The molecule has 0 radical (unpaired) electrons. The number of benzene rings is 1. The molecular weight excluding hydrogens is 395 g/mol. The second-order valence-corrected chi connectivity index (χ2v) is 6.90. The van der Waals surface area contributed by atoms with Crippen LogP contribution in [0.3, 0.4) is 0 Å². The Morgan fingerprint density at radius 2 is 1.90 bits per heavy atom. The molecule has 3 rings (SSSR count). The van der Waals surface area contributed by atoms with Crippen molar-refractivity contribution in [2.45, 2.75) is 37.4 Å². The molecule has 8 nitrogen and oxygen atoms in total. The summed E-state index contributed by atoms with van der Waals surface area (Å²) in [5.41, 5.74) is -2.01. The van der Waals surface area contributed by atoms with E-state index in [0.29, 0.717) is 12.8 Å². The summed E-state index contributed by atoms with van der Waals surface area (Å²) < 4.78 is 42.8. The Kier molecular flexibility index (Phi) is 5.49. The number of hydrogen-bond donors (Lipinski definition) is 2. The molecule has 1 heterocycles. The predicted octanol–water partition coefficient (Wildman–Crippen LogP) is 2.05. The van der Waals surface area contributed by atoms with Crippen molar-refractivity contribution >= 4 is 29.5 Å². The molecule has 2 N–H and O–H groups in total. The highest BCUT2D eigenvalue weighted by atomic mass is 19.4. The number of esters is 1. The van der Waals surface area contributed by atoms with E-state index in [-0.39, 0.29) is 5.69 Å². The van der Waals surface area contributed by atoms with Crippen LogP contribution in [0.1, 0.15) is 31.2 Å².